The maximum atomic E-state index is 12.5. The molecule has 0 aromatic heterocycles. The third-order valence-corrected chi connectivity index (χ3v) is 4.22. The van der Waals surface area contributed by atoms with Crippen molar-refractivity contribution in [3.05, 3.63) is 53.1 Å². The van der Waals surface area contributed by atoms with Crippen molar-refractivity contribution >= 4 is 28.9 Å². The maximum Gasteiger partial charge on any atom is 0.255 e. The molecule has 2 aromatic rings. The molecule has 1 amide bonds. The minimum absolute atomic E-state index is 0.174. The normalized spacial score (nSPS) is 13.9. The van der Waals surface area contributed by atoms with Crippen molar-refractivity contribution in [1.82, 2.24) is 0 Å². The van der Waals surface area contributed by atoms with Crippen LogP contribution < -0.4 is 15.0 Å². The van der Waals surface area contributed by atoms with E-state index in [0.717, 1.165) is 18.8 Å². The average Bonchev–Trinajstić information content (AvgIpc) is 3.10. The van der Waals surface area contributed by atoms with Gasteiger partial charge < -0.3 is 15.0 Å². The Morgan fingerprint density at radius 2 is 1.96 bits per heavy atom. The average molecular weight is 331 g/mol. The highest BCUT2D eigenvalue weighted by Crippen LogP contribution is 2.28. The van der Waals surface area contributed by atoms with E-state index in [0.29, 0.717) is 22.0 Å². The molecule has 5 heteroatoms. The third-order valence-electron chi connectivity index (χ3n) is 3.99. The smallest absolute Gasteiger partial charge is 0.255 e. The molecule has 3 rings (SSSR count). The summed E-state index contributed by atoms with van der Waals surface area (Å²) in [5.74, 6) is 0.407. The summed E-state index contributed by atoms with van der Waals surface area (Å²) in [7, 11) is 1.56. The molecule has 1 aliphatic heterocycles. The van der Waals surface area contributed by atoms with Gasteiger partial charge >= 0.3 is 0 Å². The van der Waals surface area contributed by atoms with Gasteiger partial charge in [0.25, 0.3) is 5.91 Å². The molecular weight excluding hydrogens is 312 g/mol. The van der Waals surface area contributed by atoms with Gasteiger partial charge in [0.05, 0.1) is 12.8 Å². The van der Waals surface area contributed by atoms with E-state index in [2.05, 4.69) is 10.2 Å². The molecule has 1 heterocycles. The molecule has 1 N–H and O–H groups in total. The fourth-order valence-corrected chi connectivity index (χ4v) is 2.96. The number of halogens is 1. The molecule has 1 fully saturated rings. The number of nitrogens with one attached hydrogen (secondary N) is 1. The third kappa shape index (κ3) is 3.59. The molecule has 0 atom stereocenters. The van der Waals surface area contributed by atoms with Gasteiger partial charge in [-0.25, -0.2) is 0 Å². The van der Waals surface area contributed by atoms with E-state index in [1.165, 1.54) is 12.8 Å². The van der Waals surface area contributed by atoms with E-state index in [-0.39, 0.29) is 5.91 Å². The quantitative estimate of drug-likeness (QED) is 0.913. The van der Waals surface area contributed by atoms with Crippen molar-refractivity contribution in [3.8, 4) is 5.75 Å². The number of hydrogen-bond acceptors (Lipinski definition) is 3. The van der Waals surface area contributed by atoms with Crippen molar-refractivity contribution in [2.45, 2.75) is 12.8 Å². The van der Waals surface area contributed by atoms with Crippen LogP contribution in [0.15, 0.2) is 42.5 Å². The second-order valence-electron chi connectivity index (χ2n) is 5.54. The van der Waals surface area contributed by atoms with Crippen molar-refractivity contribution in [2.75, 3.05) is 30.4 Å². The van der Waals surface area contributed by atoms with Crippen LogP contribution in [0.1, 0.15) is 23.2 Å². The summed E-state index contributed by atoms with van der Waals surface area (Å²) in [4.78, 5) is 14.8. The molecule has 1 aliphatic rings. The Morgan fingerprint density at radius 3 is 2.70 bits per heavy atom. The first-order chi connectivity index (χ1) is 11.2. The second kappa shape index (κ2) is 6.92. The predicted molar refractivity (Wildman–Crippen MR) is 93.8 cm³/mol. The molecular formula is C18H19ClN2O2. The van der Waals surface area contributed by atoms with E-state index in [4.69, 9.17) is 16.3 Å². The number of hydrogen-bond donors (Lipinski definition) is 1. The number of rotatable bonds is 4. The number of nitrogens with zero attached hydrogens (tertiary/aromatic N) is 1. The summed E-state index contributed by atoms with van der Waals surface area (Å²) < 4.78 is 5.26. The molecule has 23 heavy (non-hydrogen) atoms. The summed E-state index contributed by atoms with van der Waals surface area (Å²) >= 11 is 6.00. The van der Waals surface area contributed by atoms with Gasteiger partial charge in [-0.05, 0) is 49.2 Å². The summed E-state index contributed by atoms with van der Waals surface area (Å²) in [6.45, 7) is 2.10. The van der Waals surface area contributed by atoms with Gasteiger partial charge in [0.1, 0.15) is 5.75 Å². The Balaban J connectivity index is 1.81. The molecule has 0 unspecified atom stereocenters. The van der Waals surface area contributed by atoms with Crippen LogP contribution in [-0.2, 0) is 0 Å². The maximum absolute atomic E-state index is 12.5. The number of ether oxygens (including phenoxy) is 1. The highest BCUT2D eigenvalue weighted by Gasteiger charge is 2.15. The van der Waals surface area contributed by atoms with E-state index < -0.39 is 0 Å². The van der Waals surface area contributed by atoms with Gasteiger partial charge in [0, 0.05) is 29.4 Å². The lowest BCUT2D eigenvalue weighted by Crippen LogP contribution is -2.19. The number of carbonyl (C=O) groups excluding carboxylic acids is 1. The summed E-state index contributed by atoms with van der Waals surface area (Å²) in [6.07, 6.45) is 2.41. The van der Waals surface area contributed by atoms with Gasteiger partial charge in [-0.2, -0.15) is 0 Å². The molecule has 0 saturated carbocycles. The molecule has 2 aromatic carbocycles. The zero-order valence-electron chi connectivity index (χ0n) is 13.0. The van der Waals surface area contributed by atoms with Gasteiger partial charge in [0.2, 0.25) is 0 Å². The Morgan fingerprint density at radius 1 is 1.17 bits per heavy atom. The van der Waals surface area contributed by atoms with Crippen LogP contribution >= 0.6 is 11.6 Å². The summed E-state index contributed by atoms with van der Waals surface area (Å²) in [6, 6.07) is 12.8. The topological polar surface area (TPSA) is 41.6 Å². The van der Waals surface area contributed by atoms with Crippen molar-refractivity contribution in [3.63, 3.8) is 0 Å². The van der Waals surface area contributed by atoms with Crippen LogP contribution in [0.2, 0.25) is 5.02 Å². The first-order valence-corrected chi connectivity index (χ1v) is 8.05. The summed E-state index contributed by atoms with van der Waals surface area (Å²) in [5, 5.41) is 3.42. The Hall–Kier alpha value is -2.20. The van der Waals surface area contributed by atoms with Crippen LogP contribution in [0.5, 0.6) is 5.75 Å². The van der Waals surface area contributed by atoms with E-state index in [9.17, 15) is 4.79 Å². The lowest BCUT2D eigenvalue weighted by molar-refractivity contribution is 0.102. The number of methoxy groups -OCH3 is 1. The van der Waals surface area contributed by atoms with Gasteiger partial charge in [-0.3, -0.25) is 4.79 Å². The largest absolute Gasteiger partial charge is 0.495 e. The minimum atomic E-state index is -0.174. The van der Waals surface area contributed by atoms with Crippen LogP contribution in [-0.4, -0.2) is 26.1 Å². The van der Waals surface area contributed by atoms with E-state index in [1.54, 1.807) is 25.3 Å². The highest BCUT2D eigenvalue weighted by atomic mass is 35.5. The molecule has 1 saturated heterocycles. The lowest BCUT2D eigenvalue weighted by atomic mass is 10.1. The van der Waals surface area contributed by atoms with Crippen LogP contribution in [0.3, 0.4) is 0 Å². The van der Waals surface area contributed by atoms with Crippen LogP contribution in [0.25, 0.3) is 0 Å². The molecule has 4 nitrogen and oxygen atoms in total. The Kier molecular flexibility index (Phi) is 4.72. The molecule has 0 aliphatic carbocycles. The van der Waals surface area contributed by atoms with Crippen molar-refractivity contribution in [1.29, 1.82) is 0 Å². The van der Waals surface area contributed by atoms with Crippen molar-refractivity contribution in [2.24, 2.45) is 0 Å². The summed E-state index contributed by atoms with van der Waals surface area (Å²) in [5.41, 5.74) is 2.28. The standard InChI is InChI=1S/C18H19ClN2O2/c1-23-17-8-7-14(19)12-16(17)20-18(22)13-5-4-6-15(11-13)21-9-2-3-10-21/h4-8,11-12H,2-3,9-10H2,1H3,(H,20,22). The highest BCUT2D eigenvalue weighted by molar-refractivity contribution is 6.31. The van der Waals surface area contributed by atoms with Crippen LogP contribution in [0, 0.1) is 0 Å². The fraction of sp³-hybridized carbons (Fsp3) is 0.278. The fourth-order valence-electron chi connectivity index (χ4n) is 2.79. The molecule has 0 spiro atoms. The van der Waals surface area contributed by atoms with Gasteiger partial charge in [-0.15, -0.1) is 0 Å². The first kappa shape index (κ1) is 15.7. The lowest BCUT2D eigenvalue weighted by Gasteiger charge is -2.18. The Labute approximate surface area is 141 Å². The van der Waals surface area contributed by atoms with Crippen LogP contribution in [0.4, 0.5) is 11.4 Å². The van der Waals surface area contributed by atoms with E-state index in [1.807, 2.05) is 24.3 Å². The van der Waals surface area contributed by atoms with Gasteiger partial charge in [0.15, 0.2) is 0 Å². The zero-order chi connectivity index (χ0) is 16.2. The molecule has 120 valence electrons. The molecule has 0 bridgehead atoms. The van der Waals surface area contributed by atoms with Crippen molar-refractivity contribution < 1.29 is 9.53 Å². The molecule has 0 radical (unpaired) electrons. The number of benzene rings is 2. The zero-order valence-corrected chi connectivity index (χ0v) is 13.8. The number of carbonyl (C=O) groups is 1. The predicted octanol–water partition coefficient (Wildman–Crippen LogP) is 4.20. The van der Waals surface area contributed by atoms with E-state index >= 15 is 0 Å². The second-order valence-corrected chi connectivity index (χ2v) is 5.98. The SMILES string of the molecule is COc1ccc(Cl)cc1NC(=O)c1cccc(N2CCCC2)c1. The number of anilines is 2. The monoisotopic (exact) mass is 330 g/mol. The number of amides is 1. The first-order valence-electron chi connectivity index (χ1n) is 7.67. The minimum Gasteiger partial charge on any atom is -0.495 e. The Bertz CT molecular complexity index is 712. The van der Waals surface area contributed by atoms with Gasteiger partial charge in [-0.1, -0.05) is 17.7 Å².